The van der Waals surface area contributed by atoms with Gasteiger partial charge in [0.15, 0.2) is 5.78 Å². The molecule has 0 saturated heterocycles. The first-order valence-electron chi connectivity index (χ1n) is 9.43. The van der Waals surface area contributed by atoms with Crippen molar-refractivity contribution in [2.45, 2.75) is 23.6 Å². The minimum Gasteiger partial charge on any atom is -0.289 e. The van der Waals surface area contributed by atoms with Crippen molar-refractivity contribution in [3.63, 3.8) is 0 Å². The highest BCUT2D eigenvalue weighted by Crippen LogP contribution is 2.36. The maximum atomic E-state index is 13.4. The van der Waals surface area contributed by atoms with Gasteiger partial charge in [-0.15, -0.1) is 0 Å². The predicted molar refractivity (Wildman–Crippen MR) is 116 cm³/mol. The van der Waals surface area contributed by atoms with Crippen LogP contribution in [0.15, 0.2) is 52.3 Å². The molecule has 0 saturated carbocycles. The van der Waals surface area contributed by atoms with E-state index in [1.54, 1.807) is 27.0 Å². The molecular weight excluding hydrogens is 454 g/mol. The van der Waals surface area contributed by atoms with Crippen LogP contribution >= 0.6 is 0 Å². The summed E-state index contributed by atoms with van der Waals surface area (Å²) in [6.45, 7) is 3.19. The van der Waals surface area contributed by atoms with Gasteiger partial charge in [0.05, 0.1) is 27.4 Å². The van der Waals surface area contributed by atoms with Crippen LogP contribution in [-0.4, -0.2) is 44.6 Å². The van der Waals surface area contributed by atoms with E-state index in [1.807, 2.05) is 0 Å². The smallest absolute Gasteiger partial charge is 0.272 e. The summed E-state index contributed by atoms with van der Waals surface area (Å²) in [6.07, 6.45) is 0.881. The lowest BCUT2D eigenvalue weighted by Crippen LogP contribution is -2.37. The number of anilines is 1. The lowest BCUT2D eigenvalue weighted by atomic mass is 10.0. The van der Waals surface area contributed by atoms with Gasteiger partial charge in [0.1, 0.15) is 5.69 Å². The number of aromatic nitrogens is 2. The van der Waals surface area contributed by atoms with E-state index in [0.29, 0.717) is 15.7 Å². The van der Waals surface area contributed by atoms with Crippen LogP contribution in [0.25, 0.3) is 0 Å². The van der Waals surface area contributed by atoms with Gasteiger partial charge in [0.25, 0.3) is 5.91 Å². The predicted octanol–water partition coefficient (Wildman–Crippen LogP) is 2.02. The molecule has 4 rings (SSSR count). The number of aryl methyl sites for hydroxylation is 2. The Labute approximate surface area is 185 Å². The van der Waals surface area contributed by atoms with Gasteiger partial charge in [-0.3, -0.25) is 14.3 Å². The highest BCUT2D eigenvalue weighted by molar-refractivity contribution is 7.93. The van der Waals surface area contributed by atoms with Gasteiger partial charge >= 0.3 is 0 Å². The van der Waals surface area contributed by atoms with E-state index in [9.17, 15) is 26.4 Å². The number of hydrogen-bond acceptors (Lipinski definition) is 7. The van der Waals surface area contributed by atoms with Crippen molar-refractivity contribution in [3.8, 4) is 0 Å². The first kappa shape index (κ1) is 21.9. The lowest BCUT2D eigenvalue weighted by molar-refractivity contribution is 0.0999. The zero-order chi connectivity index (χ0) is 23.6. The number of hydrogen-bond donors (Lipinski definition) is 0. The molecule has 0 radical (unpaired) electrons. The third kappa shape index (κ3) is 3.16. The molecule has 0 spiro atoms. The zero-order valence-electron chi connectivity index (χ0n) is 17.6. The van der Waals surface area contributed by atoms with Gasteiger partial charge in [-0.2, -0.15) is 9.40 Å². The molecule has 0 fully saturated rings. The molecule has 11 heteroatoms. The van der Waals surface area contributed by atoms with Crippen LogP contribution in [0.1, 0.15) is 37.7 Å². The van der Waals surface area contributed by atoms with Crippen LogP contribution in [0.4, 0.5) is 5.69 Å². The molecule has 166 valence electrons. The topological polar surface area (TPSA) is 123 Å². The second-order valence-electron chi connectivity index (χ2n) is 7.52. The minimum absolute atomic E-state index is 0.0541. The van der Waals surface area contributed by atoms with Crippen LogP contribution in [0, 0.1) is 13.8 Å². The summed E-state index contributed by atoms with van der Waals surface area (Å²) in [5.41, 5.74) is 0.655. The molecule has 9 nitrogen and oxygen atoms in total. The quantitative estimate of drug-likeness (QED) is 0.446. The third-order valence-electron chi connectivity index (χ3n) is 5.37. The van der Waals surface area contributed by atoms with Crippen LogP contribution in [0.2, 0.25) is 0 Å². The fraction of sp³-hybridized carbons (Fsp3) is 0.190. The van der Waals surface area contributed by atoms with Crippen molar-refractivity contribution < 1.29 is 26.4 Å². The molecule has 0 unspecified atom stereocenters. The van der Waals surface area contributed by atoms with Gasteiger partial charge in [0, 0.05) is 23.7 Å². The van der Waals surface area contributed by atoms with E-state index < -0.39 is 31.6 Å². The Hall–Kier alpha value is -3.31. The van der Waals surface area contributed by atoms with Crippen molar-refractivity contribution in [1.82, 2.24) is 9.78 Å². The largest absolute Gasteiger partial charge is 0.289 e. The number of rotatable bonds is 3. The van der Waals surface area contributed by atoms with Crippen LogP contribution < -0.4 is 4.31 Å². The van der Waals surface area contributed by atoms with Crippen molar-refractivity contribution in [2.24, 2.45) is 7.05 Å². The van der Waals surface area contributed by atoms with Crippen molar-refractivity contribution in [2.75, 3.05) is 10.6 Å². The summed E-state index contributed by atoms with van der Waals surface area (Å²) >= 11 is 0. The average Bonchev–Trinajstić information content (AvgIpc) is 2.97. The molecule has 0 bridgehead atoms. The Kier molecular flexibility index (Phi) is 4.86. The normalized spacial score (nSPS) is 14.6. The summed E-state index contributed by atoms with van der Waals surface area (Å²) < 4.78 is 53.5. The van der Waals surface area contributed by atoms with E-state index in [0.717, 1.165) is 12.3 Å². The van der Waals surface area contributed by atoms with Crippen LogP contribution in [0.5, 0.6) is 0 Å². The molecule has 0 aliphatic carbocycles. The molecule has 1 aromatic heterocycles. The van der Waals surface area contributed by atoms with Gasteiger partial charge < -0.3 is 0 Å². The number of benzene rings is 2. The van der Waals surface area contributed by atoms with E-state index in [2.05, 4.69) is 5.10 Å². The first-order valence-corrected chi connectivity index (χ1v) is 12.8. The molecule has 1 aliphatic rings. The zero-order valence-corrected chi connectivity index (χ0v) is 19.3. The van der Waals surface area contributed by atoms with Crippen molar-refractivity contribution in [3.05, 3.63) is 70.5 Å². The van der Waals surface area contributed by atoms with Gasteiger partial charge in [-0.25, -0.2) is 16.8 Å². The summed E-state index contributed by atoms with van der Waals surface area (Å²) in [4.78, 5) is 25.7. The molecule has 2 heterocycles. The molecule has 32 heavy (non-hydrogen) atoms. The van der Waals surface area contributed by atoms with Crippen LogP contribution in [-0.2, 0) is 26.9 Å². The lowest BCUT2D eigenvalue weighted by Gasteiger charge is -2.23. The maximum absolute atomic E-state index is 13.4. The van der Waals surface area contributed by atoms with E-state index >= 15 is 0 Å². The Morgan fingerprint density at radius 1 is 1.03 bits per heavy atom. The second-order valence-corrected chi connectivity index (χ2v) is 11.2. The minimum atomic E-state index is -4.09. The number of sulfonamides is 1. The molecule has 1 amide bonds. The number of carbonyl (C=O) groups is 2. The summed E-state index contributed by atoms with van der Waals surface area (Å²) in [7, 11) is -6.56. The first-order chi connectivity index (χ1) is 14.9. The molecular formula is C21H19N3O6S2. The number of amides is 1. The maximum Gasteiger partial charge on any atom is 0.272 e. The average molecular weight is 474 g/mol. The summed E-state index contributed by atoms with van der Waals surface area (Å²) in [5.74, 6) is -1.43. The molecule has 0 atom stereocenters. The number of ketones is 1. The van der Waals surface area contributed by atoms with E-state index in [4.69, 9.17) is 0 Å². The molecule has 2 aromatic carbocycles. The fourth-order valence-corrected chi connectivity index (χ4v) is 6.49. The Morgan fingerprint density at radius 2 is 1.66 bits per heavy atom. The SMILES string of the molecule is Cc1nn(C)c(C)c1N(C(=O)c1ccc2c(c1)S(=O)(=O)c1ccccc1C2=O)S(C)(=O)=O. The number of carbonyl (C=O) groups excluding carboxylic acids is 2. The Bertz CT molecular complexity index is 1540. The monoisotopic (exact) mass is 473 g/mol. The number of nitrogens with zero attached hydrogens (tertiary/aromatic N) is 3. The third-order valence-corrected chi connectivity index (χ3v) is 8.24. The number of sulfone groups is 1. The molecule has 1 aliphatic heterocycles. The van der Waals surface area contributed by atoms with E-state index in [-0.39, 0.29) is 32.2 Å². The highest BCUT2D eigenvalue weighted by atomic mass is 32.2. The van der Waals surface area contributed by atoms with E-state index in [1.165, 1.54) is 35.0 Å². The highest BCUT2D eigenvalue weighted by Gasteiger charge is 2.37. The van der Waals surface area contributed by atoms with Crippen molar-refractivity contribution >= 4 is 37.2 Å². The number of fused-ring (bicyclic) bond motifs is 2. The van der Waals surface area contributed by atoms with Gasteiger partial charge in [-0.05, 0) is 44.2 Å². The van der Waals surface area contributed by atoms with Crippen LogP contribution in [0.3, 0.4) is 0 Å². The Morgan fingerprint density at radius 3 is 2.25 bits per heavy atom. The standard InChI is InChI=1S/C21H19N3O6S2/c1-12-19(13(2)23(3)22-12)24(31(4,27)28)21(26)14-9-10-16-18(11-14)32(29,30)17-8-6-5-7-15(17)20(16)25/h5-11H,1-4H3. The second kappa shape index (κ2) is 7.10. The molecule has 3 aromatic rings. The molecule has 0 N–H and O–H groups in total. The summed E-state index contributed by atoms with van der Waals surface area (Å²) in [5, 5.41) is 4.17. The van der Waals surface area contributed by atoms with Gasteiger partial charge in [0.2, 0.25) is 19.9 Å². The summed E-state index contributed by atoms with van der Waals surface area (Å²) in [6, 6.07) is 9.37. The van der Waals surface area contributed by atoms with Gasteiger partial charge in [-0.1, -0.05) is 12.1 Å². The van der Waals surface area contributed by atoms with Crippen molar-refractivity contribution in [1.29, 1.82) is 0 Å². The fourth-order valence-electron chi connectivity index (χ4n) is 3.81. The Balaban J connectivity index is 1.91.